The number of hydrogen-bond acceptors (Lipinski definition) is 2. The Labute approximate surface area is 175 Å². The molecule has 1 aromatic heterocycles. The molecule has 0 bridgehead atoms. The van der Waals surface area contributed by atoms with Gasteiger partial charge in [-0.2, -0.15) is 0 Å². The van der Waals surface area contributed by atoms with Crippen molar-refractivity contribution in [3.63, 3.8) is 0 Å². The van der Waals surface area contributed by atoms with Gasteiger partial charge in [-0.3, -0.25) is 9.98 Å². The van der Waals surface area contributed by atoms with Crippen LogP contribution in [0.25, 0.3) is 0 Å². The minimum absolute atomic E-state index is 0. The second kappa shape index (κ2) is 8.98. The Morgan fingerprint density at radius 1 is 1.20 bits per heavy atom. The first-order valence-corrected chi connectivity index (χ1v) is 9.04. The number of hydrogen-bond donors (Lipinski definition) is 2. The number of guanidine groups is 1. The molecule has 0 atom stereocenters. The van der Waals surface area contributed by atoms with Gasteiger partial charge in [0, 0.05) is 29.2 Å². The lowest BCUT2D eigenvalue weighted by molar-refractivity contribution is 0.644. The second-order valence-electron chi connectivity index (χ2n) is 6.34. The molecular weight excluding hydrogens is 491 g/mol. The number of aliphatic imine (C=N–C) groups is 1. The zero-order valence-electron chi connectivity index (χ0n) is 14.6. The van der Waals surface area contributed by atoms with Gasteiger partial charge in [0.05, 0.1) is 12.2 Å². The van der Waals surface area contributed by atoms with Gasteiger partial charge >= 0.3 is 0 Å². The van der Waals surface area contributed by atoms with Crippen molar-refractivity contribution in [2.75, 3.05) is 13.6 Å². The molecule has 134 valence electrons. The molecule has 2 aromatic rings. The molecular formula is C19H24BrIN4. The summed E-state index contributed by atoms with van der Waals surface area (Å²) < 4.78 is 1.14. The van der Waals surface area contributed by atoms with Crippen LogP contribution in [0.5, 0.6) is 0 Å². The summed E-state index contributed by atoms with van der Waals surface area (Å²) in [5.41, 5.74) is 3.68. The van der Waals surface area contributed by atoms with E-state index in [1.54, 1.807) is 7.05 Å². The summed E-state index contributed by atoms with van der Waals surface area (Å²) in [6, 6.07) is 14.7. The zero-order chi connectivity index (χ0) is 17.0. The van der Waals surface area contributed by atoms with E-state index < -0.39 is 0 Å². The highest BCUT2D eigenvalue weighted by atomic mass is 127. The summed E-state index contributed by atoms with van der Waals surface area (Å²) in [7, 11) is 1.80. The number of nitrogens with zero attached hydrogens (tertiary/aromatic N) is 2. The smallest absolute Gasteiger partial charge is 0.191 e. The standard InChI is InChI=1S/C19H23BrN4.HI/c1-14-5-3-8-17(24-14)12-22-18(21-2)23-13-19(9-10-19)15-6-4-7-16(20)11-15;/h3-8,11H,9-10,12-13H2,1-2H3,(H2,21,22,23);1H. The second-order valence-corrected chi connectivity index (χ2v) is 7.26. The molecule has 0 aliphatic heterocycles. The van der Waals surface area contributed by atoms with Crippen molar-refractivity contribution in [1.82, 2.24) is 15.6 Å². The quantitative estimate of drug-likeness (QED) is 0.357. The molecule has 4 nitrogen and oxygen atoms in total. The maximum atomic E-state index is 4.51. The first-order valence-electron chi connectivity index (χ1n) is 8.24. The van der Waals surface area contributed by atoms with Crippen LogP contribution in [0.4, 0.5) is 0 Å². The van der Waals surface area contributed by atoms with Gasteiger partial charge in [0.1, 0.15) is 0 Å². The average molecular weight is 515 g/mol. The SMILES string of the molecule is CN=C(NCc1cccc(C)n1)NCC1(c2cccc(Br)c2)CC1.I. The van der Waals surface area contributed by atoms with E-state index in [1.807, 2.05) is 25.1 Å². The summed E-state index contributed by atoms with van der Waals surface area (Å²) >= 11 is 3.57. The van der Waals surface area contributed by atoms with Gasteiger partial charge in [-0.25, -0.2) is 0 Å². The molecule has 2 N–H and O–H groups in total. The van der Waals surface area contributed by atoms with E-state index in [-0.39, 0.29) is 29.4 Å². The van der Waals surface area contributed by atoms with Gasteiger partial charge in [0.2, 0.25) is 0 Å². The molecule has 1 fully saturated rings. The summed E-state index contributed by atoms with van der Waals surface area (Å²) in [6.07, 6.45) is 2.43. The Kier molecular flexibility index (Phi) is 7.25. The summed E-state index contributed by atoms with van der Waals surface area (Å²) in [5, 5.41) is 6.81. The molecule has 25 heavy (non-hydrogen) atoms. The maximum absolute atomic E-state index is 4.51. The van der Waals surface area contributed by atoms with E-state index in [9.17, 15) is 0 Å². The first kappa shape index (κ1) is 20.2. The highest BCUT2D eigenvalue weighted by Crippen LogP contribution is 2.48. The van der Waals surface area contributed by atoms with E-state index in [2.05, 4.69) is 60.8 Å². The maximum Gasteiger partial charge on any atom is 0.191 e. The summed E-state index contributed by atoms with van der Waals surface area (Å²) in [4.78, 5) is 8.83. The highest BCUT2D eigenvalue weighted by molar-refractivity contribution is 14.0. The molecule has 0 saturated heterocycles. The Balaban J connectivity index is 0.00000225. The van der Waals surface area contributed by atoms with Gasteiger partial charge in [0.15, 0.2) is 5.96 Å². The predicted molar refractivity (Wildman–Crippen MR) is 118 cm³/mol. The van der Waals surface area contributed by atoms with Gasteiger partial charge in [0.25, 0.3) is 0 Å². The third kappa shape index (κ3) is 5.41. The summed E-state index contributed by atoms with van der Waals surface area (Å²) in [6.45, 7) is 3.57. The number of nitrogens with one attached hydrogen (secondary N) is 2. The lowest BCUT2D eigenvalue weighted by Gasteiger charge is -2.19. The number of aryl methyl sites for hydroxylation is 1. The molecule has 0 radical (unpaired) electrons. The fourth-order valence-electron chi connectivity index (χ4n) is 2.88. The van der Waals surface area contributed by atoms with Crippen molar-refractivity contribution in [2.24, 2.45) is 4.99 Å². The molecule has 1 aromatic carbocycles. The van der Waals surface area contributed by atoms with Crippen LogP contribution in [0.2, 0.25) is 0 Å². The predicted octanol–water partition coefficient (Wildman–Crippen LogP) is 4.17. The van der Waals surface area contributed by atoms with Crippen LogP contribution < -0.4 is 10.6 Å². The van der Waals surface area contributed by atoms with E-state index in [4.69, 9.17) is 0 Å². The van der Waals surface area contributed by atoms with Crippen molar-refractivity contribution >= 4 is 45.9 Å². The van der Waals surface area contributed by atoms with Crippen LogP contribution in [0.15, 0.2) is 51.9 Å². The largest absolute Gasteiger partial charge is 0.356 e. The molecule has 1 heterocycles. The van der Waals surface area contributed by atoms with Gasteiger partial charge in [-0.05, 0) is 49.6 Å². The third-order valence-corrected chi connectivity index (χ3v) is 4.98. The van der Waals surface area contributed by atoms with Gasteiger partial charge in [-0.15, -0.1) is 24.0 Å². The summed E-state index contributed by atoms with van der Waals surface area (Å²) in [5.74, 6) is 0.819. The van der Waals surface area contributed by atoms with E-state index in [1.165, 1.54) is 18.4 Å². The van der Waals surface area contributed by atoms with E-state index >= 15 is 0 Å². The lowest BCUT2D eigenvalue weighted by Crippen LogP contribution is -2.41. The Morgan fingerprint density at radius 2 is 1.96 bits per heavy atom. The number of aromatic nitrogens is 1. The van der Waals surface area contributed by atoms with Crippen LogP contribution in [-0.2, 0) is 12.0 Å². The Bertz CT molecular complexity index is 744. The third-order valence-electron chi connectivity index (χ3n) is 4.49. The normalized spacial score (nSPS) is 15.2. The molecule has 3 rings (SSSR count). The first-order chi connectivity index (χ1) is 11.6. The number of pyridine rings is 1. The van der Waals surface area contributed by atoms with E-state index in [0.29, 0.717) is 6.54 Å². The Morgan fingerprint density at radius 3 is 2.60 bits per heavy atom. The Hall–Kier alpha value is -1.15. The molecule has 1 aliphatic rings. The molecule has 0 amide bonds. The minimum atomic E-state index is 0. The number of halogens is 2. The van der Waals surface area contributed by atoms with Gasteiger partial charge < -0.3 is 10.6 Å². The molecule has 1 aliphatic carbocycles. The van der Waals surface area contributed by atoms with Crippen LogP contribution in [0.1, 0.15) is 29.8 Å². The van der Waals surface area contributed by atoms with Crippen molar-refractivity contribution in [2.45, 2.75) is 31.7 Å². The van der Waals surface area contributed by atoms with Crippen LogP contribution in [0, 0.1) is 6.92 Å². The monoisotopic (exact) mass is 514 g/mol. The van der Waals surface area contributed by atoms with Crippen molar-refractivity contribution < 1.29 is 0 Å². The molecule has 1 saturated carbocycles. The lowest BCUT2D eigenvalue weighted by atomic mass is 9.96. The fraction of sp³-hybridized carbons (Fsp3) is 0.368. The van der Waals surface area contributed by atoms with Crippen LogP contribution in [-0.4, -0.2) is 24.5 Å². The number of benzene rings is 1. The van der Waals surface area contributed by atoms with Gasteiger partial charge in [-0.1, -0.05) is 34.1 Å². The van der Waals surface area contributed by atoms with Crippen LogP contribution >= 0.6 is 39.9 Å². The van der Waals surface area contributed by atoms with Crippen LogP contribution in [0.3, 0.4) is 0 Å². The highest BCUT2D eigenvalue weighted by Gasteiger charge is 2.44. The van der Waals surface area contributed by atoms with E-state index in [0.717, 1.165) is 28.4 Å². The molecule has 6 heteroatoms. The fourth-order valence-corrected chi connectivity index (χ4v) is 3.28. The van der Waals surface area contributed by atoms with Crippen molar-refractivity contribution in [1.29, 1.82) is 0 Å². The molecule has 0 unspecified atom stereocenters. The topological polar surface area (TPSA) is 49.3 Å². The van der Waals surface area contributed by atoms with Crippen molar-refractivity contribution in [3.05, 3.63) is 63.9 Å². The number of rotatable bonds is 5. The minimum Gasteiger partial charge on any atom is -0.356 e. The average Bonchev–Trinajstić information content (AvgIpc) is 3.36. The van der Waals surface area contributed by atoms with Crippen molar-refractivity contribution in [3.8, 4) is 0 Å². The molecule has 0 spiro atoms. The zero-order valence-corrected chi connectivity index (χ0v) is 18.5.